The molecule has 0 unspecified atom stereocenters. The second-order valence-electron chi connectivity index (χ2n) is 5.49. The first-order valence-corrected chi connectivity index (χ1v) is 8.55. The molecule has 4 nitrogen and oxygen atoms in total. The Morgan fingerprint density at radius 1 is 1.00 bits per heavy atom. The summed E-state index contributed by atoms with van der Waals surface area (Å²) in [5.41, 5.74) is 2.76. The molecule has 3 rings (SSSR count). The SMILES string of the molecule is Cc1ccc(N=Cc2cc([N+](=O)[O-])ccc2Sc2ccccc2)cc1. The number of aliphatic imine (C=N–C) groups is 1. The van der Waals surface area contributed by atoms with E-state index in [9.17, 15) is 10.1 Å². The van der Waals surface area contributed by atoms with Crippen LogP contribution in [0.3, 0.4) is 0 Å². The average Bonchev–Trinajstić information content (AvgIpc) is 2.63. The van der Waals surface area contributed by atoms with E-state index in [4.69, 9.17) is 0 Å². The third-order valence-electron chi connectivity index (χ3n) is 3.56. The van der Waals surface area contributed by atoms with Crippen LogP contribution in [0.4, 0.5) is 11.4 Å². The van der Waals surface area contributed by atoms with E-state index in [1.165, 1.54) is 6.07 Å². The highest BCUT2D eigenvalue weighted by Gasteiger charge is 2.10. The van der Waals surface area contributed by atoms with Crippen molar-refractivity contribution in [2.45, 2.75) is 16.7 Å². The van der Waals surface area contributed by atoms with E-state index in [1.807, 2.05) is 61.5 Å². The largest absolute Gasteiger partial charge is 0.270 e. The van der Waals surface area contributed by atoms with Crippen molar-refractivity contribution in [1.29, 1.82) is 0 Å². The number of nitrogens with zero attached hydrogens (tertiary/aromatic N) is 2. The topological polar surface area (TPSA) is 55.5 Å². The maximum Gasteiger partial charge on any atom is 0.270 e. The number of benzene rings is 3. The minimum Gasteiger partial charge on any atom is -0.258 e. The lowest BCUT2D eigenvalue weighted by Crippen LogP contribution is -1.92. The van der Waals surface area contributed by atoms with Gasteiger partial charge in [0.2, 0.25) is 0 Å². The molecule has 0 bridgehead atoms. The molecule has 0 fully saturated rings. The Hall–Kier alpha value is -2.92. The van der Waals surface area contributed by atoms with Gasteiger partial charge in [-0.2, -0.15) is 0 Å². The second-order valence-corrected chi connectivity index (χ2v) is 6.60. The van der Waals surface area contributed by atoms with Gasteiger partial charge in [-0.15, -0.1) is 0 Å². The number of aryl methyl sites for hydroxylation is 1. The molecule has 0 atom stereocenters. The molecular weight excluding hydrogens is 332 g/mol. The number of nitro benzene ring substituents is 1. The van der Waals surface area contributed by atoms with Gasteiger partial charge in [0, 0.05) is 33.7 Å². The molecule has 124 valence electrons. The van der Waals surface area contributed by atoms with Crippen LogP contribution in [0, 0.1) is 17.0 Å². The highest BCUT2D eigenvalue weighted by atomic mass is 32.2. The van der Waals surface area contributed by atoms with Crippen molar-refractivity contribution in [3.63, 3.8) is 0 Å². The van der Waals surface area contributed by atoms with Crippen molar-refractivity contribution >= 4 is 29.4 Å². The molecule has 0 saturated carbocycles. The molecule has 0 aliphatic carbocycles. The Morgan fingerprint density at radius 2 is 1.72 bits per heavy atom. The van der Waals surface area contributed by atoms with Crippen molar-refractivity contribution in [2.24, 2.45) is 4.99 Å². The summed E-state index contributed by atoms with van der Waals surface area (Å²) in [5, 5.41) is 11.1. The molecule has 0 radical (unpaired) electrons. The van der Waals surface area contributed by atoms with Crippen LogP contribution in [0.15, 0.2) is 87.6 Å². The lowest BCUT2D eigenvalue weighted by Gasteiger charge is -2.06. The molecule has 0 aliphatic rings. The lowest BCUT2D eigenvalue weighted by atomic mass is 10.2. The van der Waals surface area contributed by atoms with E-state index in [1.54, 1.807) is 30.1 Å². The van der Waals surface area contributed by atoms with Gasteiger partial charge in [-0.25, -0.2) is 0 Å². The molecular formula is C20H16N2O2S. The summed E-state index contributed by atoms with van der Waals surface area (Å²) in [7, 11) is 0. The first kappa shape index (κ1) is 16.9. The van der Waals surface area contributed by atoms with Crippen LogP contribution < -0.4 is 0 Å². The summed E-state index contributed by atoms with van der Waals surface area (Å²) < 4.78 is 0. The zero-order chi connectivity index (χ0) is 17.6. The van der Waals surface area contributed by atoms with Crippen LogP contribution in [-0.2, 0) is 0 Å². The number of hydrogen-bond acceptors (Lipinski definition) is 4. The van der Waals surface area contributed by atoms with Gasteiger partial charge in [-0.1, -0.05) is 47.7 Å². The van der Waals surface area contributed by atoms with Crippen LogP contribution >= 0.6 is 11.8 Å². The molecule has 0 aliphatic heterocycles. The van der Waals surface area contributed by atoms with E-state index in [-0.39, 0.29) is 10.6 Å². The van der Waals surface area contributed by atoms with Gasteiger partial charge in [0.05, 0.1) is 10.6 Å². The second kappa shape index (κ2) is 7.77. The van der Waals surface area contributed by atoms with E-state index in [2.05, 4.69) is 4.99 Å². The van der Waals surface area contributed by atoms with Gasteiger partial charge < -0.3 is 0 Å². The van der Waals surface area contributed by atoms with Crippen LogP contribution in [0.5, 0.6) is 0 Å². The molecule has 5 heteroatoms. The van der Waals surface area contributed by atoms with E-state index < -0.39 is 0 Å². The van der Waals surface area contributed by atoms with Crippen LogP contribution in [0.2, 0.25) is 0 Å². The predicted molar refractivity (Wildman–Crippen MR) is 102 cm³/mol. The number of hydrogen-bond donors (Lipinski definition) is 0. The van der Waals surface area contributed by atoms with E-state index in [0.29, 0.717) is 0 Å². The first-order valence-electron chi connectivity index (χ1n) is 7.74. The molecule has 3 aromatic carbocycles. The van der Waals surface area contributed by atoms with Crippen molar-refractivity contribution in [2.75, 3.05) is 0 Å². The zero-order valence-corrected chi connectivity index (χ0v) is 14.4. The third-order valence-corrected chi connectivity index (χ3v) is 4.66. The molecule has 0 heterocycles. The fourth-order valence-corrected chi connectivity index (χ4v) is 3.15. The Balaban J connectivity index is 1.94. The molecule has 0 N–H and O–H groups in total. The zero-order valence-electron chi connectivity index (χ0n) is 13.6. The number of non-ortho nitro benzene ring substituents is 1. The van der Waals surface area contributed by atoms with Crippen molar-refractivity contribution in [3.8, 4) is 0 Å². The predicted octanol–water partition coefficient (Wildman–Crippen LogP) is 5.81. The fraction of sp³-hybridized carbons (Fsp3) is 0.0500. The highest BCUT2D eigenvalue weighted by Crippen LogP contribution is 2.32. The molecule has 0 saturated heterocycles. The number of rotatable bonds is 5. The molecule has 3 aromatic rings. The third kappa shape index (κ3) is 4.55. The molecule has 0 amide bonds. The van der Waals surface area contributed by atoms with Crippen molar-refractivity contribution in [1.82, 2.24) is 0 Å². The molecule has 0 aromatic heterocycles. The van der Waals surface area contributed by atoms with E-state index >= 15 is 0 Å². The minimum atomic E-state index is -0.389. The average molecular weight is 348 g/mol. The van der Waals surface area contributed by atoms with Gasteiger partial charge in [0.25, 0.3) is 5.69 Å². The Morgan fingerprint density at radius 3 is 2.40 bits per heavy atom. The summed E-state index contributed by atoms with van der Waals surface area (Å²) in [6, 6.07) is 22.6. The lowest BCUT2D eigenvalue weighted by molar-refractivity contribution is -0.384. The van der Waals surface area contributed by atoms with Crippen LogP contribution in [0.25, 0.3) is 0 Å². The minimum absolute atomic E-state index is 0.0581. The number of nitro groups is 1. The summed E-state index contributed by atoms with van der Waals surface area (Å²) in [6.45, 7) is 2.02. The van der Waals surface area contributed by atoms with Crippen molar-refractivity contribution in [3.05, 3.63) is 94.0 Å². The summed E-state index contributed by atoms with van der Waals surface area (Å²) in [4.78, 5) is 17.2. The van der Waals surface area contributed by atoms with Gasteiger partial charge in [0.1, 0.15) is 0 Å². The maximum atomic E-state index is 11.1. The summed E-state index contributed by atoms with van der Waals surface area (Å²) in [5.74, 6) is 0. The van der Waals surface area contributed by atoms with E-state index in [0.717, 1.165) is 26.6 Å². The van der Waals surface area contributed by atoms with Gasteiger partial charge in [-0.3, -0.25) is 15.1 Å². The normalized spacial score (nSPS) is 10.9. The summed E-state index contributed by atoms with van der Waals surface area (Å²) >= 11 is 1.56. The van der Waals surface area contributed by atoms with Gasteiger partial charge >= 0.3 is 0 Å². The molecule has 25 heavy (non-hydrogen) atoms. The Bertz CT molecular complexity index is 907. The maximum absolute atomic E-state index is 11.1. The summed E-state index contributed by atoms with van der Waals surface area (Å²) in [6.07, 6.45) is 1.68. The Labute approximate surface area is 150 Å². The molecule has 0 spiro atoms. The Kier molecular flexibility index (Phi) is 5.26. The highest BCUT2D eigenvalue weighted by molar-refractivity contribution is 7.99. The van der Waals surface area contributed by atoms with Gasteiger partial charge in [-0.05, 0) is 37.3 Å². The first-order chi connectivity index (χ1) is 12.1. The fourth-order valence-electron chi connectivity index (χ4n) is 2.23. The quantitative estimate of drug-likeness (QED) is 0.332. The standard InChI is InChI=1S/C20H16N2O2S/c1-15-7-9-17(10-8-15)21-14-16-13-18(22(23)24)11-12-20(16)25-19-5-3-2-4-6-19/h2-14H,1H3. The van der Waals surface area contributed by atoms with Crippen molar-refractivity contribution < 1.29 is 4.92 Å². The smallest absolute Gasteiger partial charge is 0.258 e. The monoisotopic (exact) mass is 348 g/mol. The van der Waals surface area contributed by atoms with Gasteiger partial charge in [0.15, 0.2) is 0 Å². The van der Waals surface area contributed by atoms with Crippen LogP contribution in [-0.4, -0.2) is 11.1 Å². The van der Waals surface area contributed by atoms with Crippen LogP contribution in [0.1, 0.15) is 11.1 Å².